The van der Waals surface area contributed by atoms with Crippen LogP contribution in [0.3, 0.4) is 0 Å². The van der Waals surface area contributed by atoms with Crippen LogP contribution >= 0.6 is 0 Å². The number of hydrogen-bond acceptors (Lipinski definition) is 7. The van der Waals surface area contributed by atoms with Gasteiger partial charge in [-0.3, -0.25) is 14.9 Å². The van der Waals surface area contributed by atoms with E-state index in [-0.39, 0.29) is 11.3 Å². The summed E-state index contributed by atoms with van der Waals surface area (Å²) in [6.45, 7) is 9.00. The molecule has 0 saturated carbocycles. The highest BCUT2D eigenvalue weighted by atomic mass is 16.2. The summed E-state index contributed by atoms with van der Waals surface area (Å²) >= 11 is 0. The highest BCUT2D eigenvalue weighted by Gasteiger charge is 2.45. The molecule has 1 atom stereocenters. The molecule has 0 radical (unpaired) electrons. The van der Waals surface area contributed by atoms with Gasteiger partial charge in [-0.2, -0.15) is 10.1 Å². The quantitative estimate of drug-likeness (QED) is 0.415. The van der Waals surface area contributed by atoms with E-state index in [1.54, 1.807) is 23.0 Å². The molecular formula is C24H29N9O. The van der Waals surface area contributed by atoms with Crippen LogP contribution in [-0.2, 0) is 10.2 Å². The number of pyridine rings is 1. The van der Waals surface area contributed by atoms with Gasteiger partial charge >= 0.3 is 0 Å². The van der Waals surface area contributed by atoms with Gasteiger partial charge in [0.1, 0.15) is 11.1 Å². The predicted molar refractivity (Wildman–Crippen MR) is 131 cm³/mol. The smallest absolute Gasteiger partial charge is 0.250 e. The van der Waals surface area contributed by atoms with Crippen LogP contribution in [0.25, 0.3) is 5.52 Å². The number of hydrogen-bond donors (Lipinski definition) is 3. The Morgan fingerprint density at radius 3 is 2.82 bits per heavy atom. The maximum atomic E-state index is 13.3. The van der Waals surface area contributed by atoms with Crippen molar-refractivity contribution in [1.82, 2.24) is 29.8 Å². The molecule has 0 aromatic carbocycles. The molecule has 5 heterocycles. The summed E-state index contributed by atoms with van der Waals surface area (Å²) in [6.07, 6.45) is 6.75. The molecule has 4 aromatic heterocycles. The SMILES string of the molecule is CC(C)(C)c1cc(Nc2nc(N3CCC[C@@]3(C)C(=O)Nc3cccnc3)nn3cccc23)n[nH]1. The van der Waals surface area contributed by atoms with Crippen LogP contribution in [0, 0.1) is 0 Å². The first kappa shape index (κ1) is 21.9. The Morgan fingerprint density at radius 1 is 1.24 bits per heavy atom. The Kier molecular flexibility index (Phi) is 5.22. The second kappa shape index (κ2) is 8.12. The Hall–Kier alpha value is -3.95. The van der Waals surface area contributed by atoms with Crippen molar-refractivity contribution >= 4 is 34.7 Å². The van der Waals surface area contributed by atoms with Crippen molar-refractivity contribution in [2.24, 2.45) is 0 Å². The molecule has 4 aromatic rings. The van der Waals surface area contributed by atoms with Gasteiger partial charge in [0.15, 0.2) is 11.6 Å². The first-order valence-electron chi connectivity index (χ1n) is 11.4. The van der Waals surface area contributed by atoms with Gasteiger partial charge in [-0.15, -0.1) is 5.10 Å². The van der Waals surface area contributed by atoms with Gasteiger partial charge in [0.05, 0.1) is 11.9 Å². The maximum Gasteiger partial charge on any atom is 0.250 e. The molecule has 5 rings (SSSR count). The summed E-state index contributed by atoms with van der Waals surface area (Å²) in [7, 11) is 0. The lowest BCUT2D eigenvalue weighted by Crippen LogP contribution is -2.51. The lowest BCUT2D eigenvalue weighted by atomic mass is 9.92. The molecule has 1 aliphatic heterocycles. The standard InChI is InChI=1S/C24H29N9O/c1-23(2,3)18-14-19(30-29-18)27-20-17-9-6-13-33(17)31-22(28-20)32-12-7-10-24(32,4)21(34)26-16-8-5-11-25-15-16/h5-6,8-9,11,13-15H,7,10,12H2,1-4H3,(H,26,34)(H2,27,28,29,30,31)/t24-/m0/s1. The Labute approximate surface area is 197 Å². The summed E-state index contributed by atoms with van der Waals surface area (Å²) in [5.41, 5.74) is 1.67. The van der Waals surface area contributed by atoms with E-state index in [1.807, 2.05) is 42.3 Å². The van der Waals surface area contributed by atoms with Gasteiger partial charge in [0.25, 0.3) is 0 Å². The van der Waals surface area contributed by atoms with Crippen molar-refractivity contribution in [3.05, 3.63) is 54.6 Å². The van der Waals surface area contributed by atoms with E-state index >= 15 is 0 Å². The van der Waals surface area contributed by atoms with E-state index in [2.05, 4.69) is 46.6 Å². The molecular weight excluding hydrogens is 430 g/mol. The second-order valence-corrected chi connectivity index (χ2v) is 9.87. The van der Waals surface area contributed by atoms with Crippen LogP contribution in [0.4, 0.5) is 23.3 Å². The summed E-state index contributed by atoms with van der Waals surface area (Å²) in [5, 5.41) is 18.6. The number of aromatic nitrogens is 6. The van der Waals surface area contributed by atoms with E-state index in [4.69, 9.17) is 10.1 Å². The van der Waals surface area contributed by atoms with Crippen LogP contribution in [0.2, 0.25) is 0 Å². The molecule has 10 nitrogen and oxygen atoms in total. The Morgan fingerprint density at radius 2 is 2.09 bits per heavy atom. The first-order chi connectivity index (χ1) is 16.2. The first-order valence-corrected chi connectivity index (χ1v) is 11.4. The van der Waals surface area contributed by atoms with Crippen molar-refractivity contribution in [1.29, 1.82) is 0 Å². The number of aromatic amines is 1. The van der Waals surface area contributed by atoms with Gasteiger partial charge < -0.3 is 15.5 Å². The van der Waals surface area contributed by atoms with Crippen LogP contribution < -0.4 is 15.5 Å². The number of carbonyl (C=O) groups is 1. The minimum absolute atomic E-state index is 0.0485. The fraction of sp³-hybridized carbons (Fsp3) is 0.375. The average Bonchev–Trinajstić information content (AvgIpc) is 3.54. The molecule has 0 spiro atoms. The van der Waals surface area contributed by atoms with Crippen LogP contribution in [0.5, 0.6) is 0 Å². The zero-order chi connectivity index (χ0) is 23.9. The number of amides is 1. The summed E-state index contributed by atoms with van der Waals surface area (Å²) < 4.78 is 1.78. The normalized spacial score (nSPS) is 18.4. The molecule has 0 bridgehead atoms. The highest BCUT2D eigenvalue weighted by molar-refractivity contribution is 6.00. The highest BCUT2D eigenvalue weighted by Crippen LogP contribution is 2.34. The van der Waals surface area contributed by atoms with Crippen LogP contribution in [0.15, 0.2) is 48.9 Å². The average molecular weight is 460 g/mol. The van der Waals surface area contributed by atoms with Crippen molar-refractivity contribution in [3.8, 4) is 0 Å². The van der Waals surface area contributed by atoms with Gasteiger partial charge in [-0.05, 0) is 44.0 Å². The third kappa shape index (κ3) is 3.95. The summed E-state index contributed by atoms with van der Waals surface area (Å²) in [6, 6.07) is 9.48. The number of carbonyl (C=O) groups excluding carboxylic acids is 1. The minimum Gasteiger partial charge on any atom is -0.325 e. The van der Waals surface area contributed by atoms with Crippen molar-refractivity contribution in [2.45, 2.75) is 51.5 Å². The molecule has 1 saturated heterocycles. The van der Waals surface area contributed by atoms with Crippen molar-refractivity contribution < 1.29 is 4.79 Å². The number of H-pyrrole nitrogens is 1. The minimum atomic E-state index is -0.792. The van der Waals surface area contributed by atoms with Crippen LogP contribution in [-0.4, -0.2) is 47.8 Å². The monoisotopic (exact) mass is 459 g/mol. The van der Waals surface area contributed by atoms with Gasteiger partial charge in [-0.1, -0.05) is 20.8 Å². The third-order valence-electron chi connectivity index (χ3n) is 6.30. The van der Waals surface area contributed by atoms with Crippen LogP contribution in [0.1, 0.15) is 46.2 Å². The molecule has 0 unspecified atom stereocenters. The largest absolute Gasteiger partial charge is 0.325 e. The lowest BCUT2D eigenvalue weighted by molar-refractivity contribution is -0.120. The Balaban J connectivity index is 1.47. The topological polar surface area (TPSA) is 116 Å². The zero-order valence-corrected chi connectivity index (χ0v) is 19.8. The number of nitrogens with zero attached hydrogens (tertiary/aromatic N) is 6. The lowest BCUT2D eigenvalue weighted by Gasteiger charge is -2.34. The van der Waals surface area contributed by atoms with Gasteiger partial charge in [0.2, 0.25) is 11.9 Å². The van der Waals surface area contributed by atoms with E-state index in [0.717, 1.165) is 17.6 Å². The number of fused-ring (bicyclic) bond motifs is 1. The molecule has 1 aliphatic rings. The van der Waals surface area contributed by atoms with Crippen molar-refractivity contribution in [2.75, 3.05) is 22.1 Å². The third-order valence-corrected chi connectivity index (χ3v) is 6.30. The second-order valence-electron chi connectivity index (χ2n) is 9.87. The summed E-state index contributed by atoms with van der Waals surface area (Å²) in [4.78, 5) is 24.2. The fourth-order valence-corrected chi connectivity index (χ4v) is 4.24. The van der Waals surface area contributed by atoms with E-state index < -0.39 is 5.54 Å². The number of anilines is 4. The molecule has 1 amide bonds. The maximum absolute atomic E-state index is 13.3. The Bertz CT molecular complexity index is 1320. The van der Waals surface area contributed by atoms with Gasteiger partial charge in [0, 0.05) is 36.1 Å². The van der Waals surface area contributed by atoms with Crippen molar-refractivity contribution in [3.63, 3.8) is 0 Å². The molecule has 34 heavy (non-hydrogen) atoms. The number of rotatable bonds is 5. The van der Waals surface area contributed by atoms with E-state index in [9.17, 15) is 4.79 Å². The molecule has 10 heteroatoms. The number of nitrogens with one attached hydrogen (secondary N) is 3. The molecule has 3 N–H and O–H groups in total. The fourth-order valence-electron chi connectivity index (χ4n) is 4.24. The van der Waals surface area contributed by atoms with Gasteiger partial charge in [-0.25, -0.2) is 4.52 Å². The van der Waals surface area contributed by atoms with E-state index in [1.165, 1.54) is 0 Å². The predicted octanol–water partition coefficient (Wildman–Crippen LogP) is 3.89. The molecule has 1 fully saturated rings. The summed E-state index contributed by atoms with van der Waals surface area (Å²) in [5.74, 6) is 1.69. The molecule has 176 valence electrons. The molecule has 0 aliphatic carbocycles. The zero-order valence-electron chi connectivity index (χ0n) is 19.8. The van der Waals surface area contributed by atoms with E-state index in [0.29, 0.717) is 36.2 Å².